The van der Waals surface area contributed by atoms with Crippen LogP contribution in [-0.2, 0) is 4.79 Å². The Morgan fingerprint density at radius 3 is 2.63 bits per heavy atom. The number of amides is 1. The summed E-state index contributed by atoms with van der Waals surface area (Å²) in [5.41, 5.74) is 1.61. The first-order chi connectivity index (χ1) is 12.9. The first-order valence-electron chi connectivity index (χ1n) is 8.75. The van der Waals surface area contributed by atoms with Gasteiger partial charge in [0.15, 0.2) is 17.6 Å². The molecule has 0 saturated carbocycles. The lowest BCUT2D eigenvalue weighted by Crippen LogP contribution is -2.20. The van der Waals surface area contributed by atoms with Crippen molar-refractivity contribution in [2.45, 2.75) is 39.5 Å². The molecule has 2 aromatic heterocycles. The van der Waals surface area contributed by atoms with Gasteiger partial charge in [0, 0.05) is 11.3 Å². The molecule has 27 heavy (non-hydrogen) atoms. The Kier molecular flexibility index (Phi) is 5.85. The second-order valence-corrected chi connectivity index (χ2v) is 7.54. The second-order valence-electron chi connectivity index (χ2n) is 6.68. The van der Waals surface area contributed by atoms with Crippen LogP contribution < -0.4 is 10.1 Å². The van der Waals surface area contributed by atoms with Crippen LogP contribution in [0, 0.1) is 0 Å². The lowest BCUT2D eigenvalue weighted by Gasteiger charge is -2.08. The minimum atomic E-state index is -0.275. The monoisotopic (exact) mass is 386 g/mol. The van der Waals surface area contributed by atoms with Gasteiger partial charge in [0.2, 0.25) is 0 Å². The van der Waals surface area contributed by atoms with E-state index in [4.69, 9.17) is 9.26 Å². The normalized spacial score (nSPS) is 11.2. The lowest BCUT2D eigenvalue weighted by molar-refractivity contribution is -0.118. The molecule has 8 heteroatoms. The van der Waals surface area contributed by atoms with Gasteiger partial charge in [-0.1, -0.05) is 45.0 Å². The third-order valence-corrected chi connectivity index (χ3v) is 4.57. The summed E-state index contributed by atoms with van der Waals surface area (Å²) in [4.78, 5) is 21.0. The van der Waals surface area contributed by atoms with E-state index in [-0.39, 0.29) is 18.4 Å². The number of rotatable bonds is 7. The number of carbonyl (C=O) groups excluding carboxylic acids is 1. The molecule has 0 atom stereocenters. The van der Waals surface area contributed by atoms with Gasteiger partial charge in [0.05, 0.1) is 11.3 Å². The Bertz CT molecular complexity index is 917. The van der Waals surface area contributed by atoms with Crippen molar-refractivity contribution in [1.29, 1.82) is 0 Å². The van der Waals surface area contributed by atoms with E-state index in [1.165, 1.54) is 11.3 Å². The largest absolute Gasteiger partial charge is 0.483 e. The minimum absolute atomic E-state index is 0.140. The lowest BCUT2D eigenvalue weighted by atomic mass is 10.2. The highest BCUT2D eigenvalue weighted by Gasteiger charge is 2.16. The van der Waals surface area contributed by atoms with E-state index < -0.39 is 0 Å². The van der Waals surface area contributed by atoms with Gasteiger partial charge in [-0.05, 0) is 18.1 Å². The molecule has 1 N–H and O–H groups in total. The van der Waals surface area contributed by atoms with E-state index >= 15 is 0 Å². The molecular weight excluding hydrogens is 364 g/mol. The maximum absolute atomic E-state index is 12.2. The fourth-order valence-corrected chi connectivity index (χ4v) is 3.14. The molecule has 0 radical (unpaired) electrons. The number of benzene rings is 1. The maximum atomic E-state index is 12.2. The van der Waals surface area contributed by atoms with Crippen LogP contribution in [0.3, 0.4) is 0 Å². The molecule has 2 heterocycles. The van der Waals surface area contributed by atoms with E-state index in [0.29, 0.717) is 34.1 Å². The van der Waals surface area contributed by atoms with Crippen LogP contribution in [0.4, 0.5) is 5.13 Å². The van der Waals surface area contributed by atoms with Crippen LogP contribution in [0.1, 0.15) is 51.0 Å². The molecule has 7 nitrogen and oxygen atoms in total. The quantitative estimate of drug-likeness (QED) is 0.645. The zero-order valence-corrected chi connectivity index (χ0v) is 16.5. The predicted molar refractivity (Wildman–Crippen MR) is 104 cm³/mol. The van der Waals surface area contributed by atoms with Crippen LogP contribution in [-0.4, -0.2) is 27.6 Å². The molecule has 0 fully saturated rings. The SMILES string of the molecule is CC(C)c1csc(NC(=O)COc2ccccc2-c2nc(C(C)C)no2)n1. The van der Waals surface area contributed by atoms with E-state index in [2.05, 4.69) is 34.3 Å². The molecular formula is C19H22N4O3S. The van der Waals surface area contributed by atoms with Crippen LogP contribution in [0.25, 0.3) is 11.5 Å². The van der Waals surface area contributed by atoms with Gasteiger partial charge >= 0.3 is 0 Å². The number of carbonyl (C=O) groups is 1. The minimum Gasteiger partial charge on any atom is -0.483 e. The van der Waals surface area contributed by atoms with Crippen molar-refractivity contribution >= 4 is 22.4 Å². The number of nitrogens with zero attached hydrogens (tertiary/aromatic N) is 3. The highest BCUT2D eigenvalue weighted by molar-refractivity contribution is 7.13. The molecule has 3 rings (SSSR count). The molecule has 0 aliphatic heterocycles. The number of aromatic nitrogens is 3. The summed E-state index contributed by atoms with van der Waals surface area (Å²) >= 11 is 1.40. The fraction of sp³-hybridized carbons (Fsp3) is 0.368. The first-order valence-corrected chi connectivity index (χ1v) is 9.63. The van der Waals surface area contributed by atoms with Gasteiger partial charge in [-0.3, -0.25) is 10.1 Å². The van der Waals surface area contributed by atoms with E-state index in [9.17, 15) is 4.79 Å². The van der Waals surface area contributed by atoms with Crippen molar-refractivity contribution in [1.82, 2.24) is 15.1 Å². The molecule has 1 aromatic carbocycles. The van der Waals surface area contributed by atoms with Crippen LogP contribution in [0.5, 0.6) is 5.75 Å². The average Bonchev–Trinajstić information content (AvgIpc) is 3.30. The molecule has 142 valence electrons. The molecule has 3 aromatic rings. The van der Waals surface area contributed by atoms with Gasteiger partial charge in [-0.15, -0.1) is 11.3 Å². The van der Waals surface area contributed by atoms with Gasteiger partial charge < -0.3 is 9.26 Å². The van der Waals surface area contributed by atoms with Crippen molar-refractivity contribution < 1.29 is 14.1 Å². The molecule has 0 unspecified atom stereocenters. The highest BCUT2D eigenvalue weighted by Crippen LogP contribution is 2.29. The van der Waals surface area contributed by atoms with Gasteiger partial charge in [0.25, 0.3) is 11.8 Å². The predicted octanol–water partition coefficient (Wildman–Crippen LogP) is 4.46. The van der Waals surface area contributed by atoms with Crippen molar-refractivity contribution in [2.75, 3.05) is 11.9 Å². The Labute approximate surface area is 161 Å². The number of nitrogens with one attached hydrogen (secondary N) is 1. The van der Waals surface area contributed by atoms with Crippen molar-refractivity contribution in [3.8, 4) is 17.2 Å². The third-order valence-electron chi connectivity index (χ3n) is 3.79. The summed E-state index contributed by atoms with van der Waals surface area (Å²) < 4.78 is 11.0. The number of para-hydroxylation sites is 1. The Morgan fingerprint density at radius 2 is 1.96 bits per heavy atom. The smallest absolute Gasteiger partial charge is 0.264 e. The Balaban J connectivity index is 1.66. The zero-order chi connectivity index (χ0) is 19.4. The topological polar surface area (TPSA) is 90.1 Å². The summed E-state index contributed by atoms with van der Waals surface area (Å²) in [6.07, 6.45) is 0. The highest BCUT2D eigenvalue weighted by atomic mass is 32.1. The summed E-state index contributed by atoms with van der Waals surface area (Å²) in [5, 5.41) is 9.24. The Hall–Kier alpha value is -2.74. The van der Waals surface area contributed by atoms with E-state index in [1.54, 1.807) is 6.07 Å². The maximum Gasteiger partial charge on any atom is 0.264 e. The van der Waals surface area contributed by atoms with Gasteiger partial charge in [0.1, 0.15) is 5.75 Å². The van der Waals surface area contributed by atoms with Crippen LogP contribution >= 0.6 is 11.3 Å². The number of hydrogen-bond donors (Lipinski definition) is 1. The van der Waals surface area contributed by atoms with Crippen molar-refractivity contribution in [3.05, 3.63) is 41.2 Å². The van der Waals surface area contributed by atoms with Crippen molar-refractivity contribution in [3.63, 3.8) is 0 Å². The summed E-state index contributed by atoms with van der Waals surface area (Å²) in [5.74, 6) is 1.71. The summed E-state index contributed by atoms with van der Waals surface area (Å²) in [6, 6.07) is 7.26. The zero-order valence-electron chi connectivity index (χ0n) is 15.7. The number of ether oxygens (including phenoxy) is 1. The molecule has 0 bridgehead atoms. The standard InChI is InChI=1S/C19H22N4O3S/c1-11(2)14-10-27-19(20-14)21-16(24)9-25-15-8-6-5-7-13(15)18-22-17(12(3)4)23-26-18/h5-8,10-12H,9H2,1-4H3,(H,20,21,24). The molecule has 0 aliphatic rings. The second kappa shape index (κ2) is 8.30. The van der Waals surface area contributed by atoms with Crippen LogP contribution in [0.15, 0.2) is 34.2 Å². The molecule has 0 saturated heterocycles. The van der Waals surface area contributed by atoms with Gasteiger partial charge in [-0.25, -0.2) is 4.98 Å². The molecule has 1 amide bonds. The summed E-state index contributed by atoms with van der Waals surface area (Å²) in [7, 11) is 0. The molecule has 0 spiro atoms. The number of anilines is 1. The number of hydrogen-bond acceptors (Lipinski definition) is 7. The molecule has 0 aliphatic carbocycles. The van der Waals surface area contributed by atoms with Gasteiger partial charge in [-0.2, -0.15) is 4.98 Å². The van der Waals surface area contributed by atoms with Crippen LogP contribution in [0.2, 0.25) is 0 Å². The Morgan fingerprint density at radius 1 is 1.19 bits per heavy atom. The third kappa shape index (κ3) is 4.71. The number of thiazole rings is 1. The average molecular weight is 386 g/mol. The van der Waals surface area contributed by atoms with E-state index in [1.807, 2.05) is 37.4 Å². The summed E-state index contributed by atoms with van der Waals surface area (Å²) in [6.45, 7) is 7.96. The fourth-order valence-electron chi connectivity index (χ4n) is 2.26. The first kappa shape index (κ1) is 19.0. The van der Waals surface area contributed by atoms with E-state index in [0.717, 1.165) is 5.69 Å². The van der Waals surface area contributed by atoms with Crippen molar-refractivity contribution in [2.24, 2.45) is 0 Å².